The lowest BCUT2D eigenvalue weighted by Crippen LogP contribution is -2.13. The molecule has 14 rings (SSSR count). The van der Waals surface area contributed by atoms with E-state index in [4.69, 9.17) is 0 Å². The van der Waals surface area contributed by atoms with Gasteiger partial charge in [0.2, 0.25) is 0 Å². The van der Waals surface area contributed by atoms with Crippen LogP contribution in [-0.2, 0) is 13.1 Å². The van der Waals surface area contributed by atoms with Gasteiger partial charge in [-0.3, -0.25) is 0 Å². The minimum absolute atomic E-state index is 0.192. The summed E-state index contributed by atoms with van der Waals surface area (Å²) in [6, 6.07) is 52.6. The Morgan fingerprint density at radius 1 is 0.298 bits per heavy atom. The SMILES string of the molecule is CCCCCCCCCCCCC(CCCCCCCCCC)Cn1c2cc(=C(C#N)C#N)c3cccc4c5cccc6/c(=c7/cc8c9c%10c7cccc%10c7cccc%10c(=C%11Sc%12ccccc%12S%11)cc(c9c%107)n8CC(CCCCCCCCCC)CCCCCCCCCCCC)cc1c(c65)c2c34. The van der Waals surface area contributed by atoms with Crippen molar-refractivity contribution in [2.24, 2.45) is 11.8 Å². The fourth-order valence-electron chi connectivity index (χ4n) is 19.3. The van der Waals surface area contributed by atoms with Gasteiger partial charge in [0.1, 0.15) is 17.7 Å². The van der Waals surface area contributed by atoms with Crippen molar-refractivity contribution in [1.82, 2.24) is 9.13 Å². The molecule has 0 spiro atoms. The fourth-order valence-corrected chi connectivity index (χ4v) is 21.9. The van der Waals surface area contributed by atoms with Gasteiger partial charge < -0.3 is 9.13 Å². The highest BCUT2D eigenvalue weighted by atomic mass is 32.2. The molecule has 0 bridgehead atoms. The summed E-state index contributed by atoms with van der Waals surface area (Å²) in [6.07, 6.45) is 53.4. The Balaban J connectivity index is 0.977. The molecular weight excluding hydrogens is 1300 g/mol. The highest BCUT2D eigenvalue weighted by molar-refractivity contribution is 8.32. The van der Waals surface area contributed by atoms with Crippen molar-refractivity contribution in [3.05, 3.63) is 142 Å². The van der Waals surface area contributed by atoms with E-state index in [2.05, 4.69) is 170 Å². The number of unbranched alkanes of at least 4 members (excludes halogenated alkanes) is 32. The summed E-state index contributed by atoms with van der Waals surface area (Å²) in [5.41, 5.74) is 5.45. The molecule has 0 fully saturated rings. The highest BCUT2D eigenvalue weighted by Gasteiger charge is 2.29. The summed E-state index contributed by atoms with van der Waals surface area (Å²) < 4.78 is 7.04. The van der Waals surface area contributed by atoms with E-state index in [-0.39, 0.29) is 5.57 Å². The van der Waals surface area contributed by atoms with Crippen LogP contribution in [-0.4, -0.2) is 9.13 Å². The first-order valence-corrected chi connectivity index (χ1v) is 44.1. The van der Waals surface area contributed by atoms with E-state index in [1.54, 1.807) is 0 Å². The molecular formula is C98H118N4S2. The molecule has 0 amide bonds. The number of aromatic nitrogens is 2. The Labute approximate surface area is 630 Å². The van der Waals surface area contributed by atoms with Crippen LogP contribution < -0.4 is 10.4 Å². The second-order valence-corrected chi connectivity index (χ2v) is 34.5. The second kappa shape index (κ2) is 36.1. The molecule has 0 saturated carbocycles. The van der Waals surface area contributed by atoms with E-state index < -0.39 is 0 Å². The maximum Gasteiger partial charge on any atom is 0.137 e. The number of nitriles is 2. The summed E-state index contributed by atoms with van der Waals surface area (Å²) in [7, 11) is 0. The third kappa shape index (κ3) is 15.6. The predicted molar refractivity (Wildman–Crippen MR) is 456 cm³/mol. The number of fused-ring (bicyclic) bond motifs is 3. The fraction of sp³-hybridized carbons (Fsp3) is 0.490. The zero-order valence-corrected chi connectivity index (χ0v) is 65.6. The van der Waals surface area contributed by atoms with Crippen molar-refractivity contribution < 1.29 is 0 Å². The van der Waals surface area contributed by atoms with Crippen LogP contribution in [0.5, 0.6) is 0 Å². The predicted octanol–water partition coefficient (Wildman–Crippen LogP) is 29.9. The van der Waals surface area contributed by atoms with Gasteiger partial charge in [0.15, 0.2) is 0 Å². The topological polar surface area (TPSA) is 57.4 Å². The smallest absolute Gasteiger partial charge is 0.137 e. The number of nitrogens with zero attached hydrogens (tertiary/aromatic N) is 4. The number of rotatable bonds is 44. The Hall–Kier alpha value is -6.96. The van der Waals surface area contributed by atoms with Crippen LogP contribution in [0, 0.1) is 44.9 Å². The van der Waals surface area contributed by atoms with E-state index in [0.717, 1.165) is 23.7 Å². The average molecular weight is 1420 g/mol. The molecule has 1 aliphatic heterocycles. The lowest BCUT2D eigenvalue weighted by Gasteiger charge is -2.20. The quantitative estimate of drug-likeness (QED) is 0.0217. The van der Waals surface area contributed by atoms with Gasteiger partial charge in [0.05, 0.1) is 26.3 Å². The van der Waals surface area contributed by atoms with E-state index in [1.807, 2.05) is 23.5 Å². The van der Waals surface area contributed by atoms with E-state index >= 15 is 0 Å². The van der Waals surface area contributed by atoms with Crippen molar-refractivity contribution in [2.45, 2.75) is 307 Å². The van der Waals surface area contributed by atoms with Gasteiger partial charge in [-0.15, -0.1) is 0 Å². The van der Waals surface area contributed by atoms with Crippen LogP contribution in [0.4, 0.5) is 0 Å². The van der Waals surface area contributed by atoms with Gasteiger partial charge in [0, 0.05) is 76.4 Å². The van der Waals surface area contributed by atoms with E-state index in [1.165, 1.54) is 389 Å². The summed E-state index contributed by atoms with van der Waals surface area (Å²) in [4.78, 5) is 2.73. The molecule has 2 aromatic heterocycles. The molecule has 542 valence electrons. The highest BCUT2D eigenvalue weighted by Crippen LogP contribution is 2.54. The van der Waals surface area contributed by atoms with Gasteiger partial charge in [-0.1, -0.05) is 367 Å². The van der Waals surface area contributed by atoms with Crippen LogP contribution in [0.1, 0.15) is 285 Å². The molecule has 0 N–H and O–H groups in total. The molecule has 3 heterocycles. The van der Waals surface area contributed by atoms with Crippen molar-refractivity contribution in [1.29, 1.82) is 10.5 Å². The van der Waals surface area contributed by atoms with Gasteiger partial charge in [-0.2, -0.15) is 10.5 Å². The Kier molecular flexibility index (Phi) is 25.7. The summed E-state index contributed by atoms with van der Waals surface area (Å²) in [5.74, 6) is 1.05. The third-order valence-electron chi connectivity index (χ3n) is 24.8. The molecule has 2 atom stereocenters. The van der Waals surface area contributed by atoms with Crippen molar-refractivity contribution in [3.63, 3.8) is 0 Å². The monoisotopic (exact) mass is 1410 g/mol. The maximum absolute atomic E-state index is 10.9. The largest absolute Gasteiger partial charge is 0.340 e. The Morgan fingerprint density at radius 3 is 0.894 bits per heavy atom. The number of hydrogen-bond donors (Lipinski definition) is 0. The second-order valence-electron chi connectivity index (χ2n) is 32.1. The number of benzene rings is 11. The lowest BCUT2D eigenvalue weighted by atomic mass is 9.87. The average Bonchev–Trinajstić information content (AvgIpc) is 1.45. The number of thioether (sulfide) groups is 2. The molecule has 11 aromatic carbocycles. The molecule has 0 radical (unpaired) electrons. The molecule has 13 aromatic rings. The van der Waals surface area contributed by atoms with Crippen molar-refractivity contribution in [3.8, 4) is 12.1 Å². The van der Waals surface area contributed by atoms with Crippen LogP contribution >= 0.6 is 23.5 Å². The summed E-state index contributed by atoms with van der Waals surface area (Å²) in [5, 5.41) is 47.6. The van der Waals surface area contributed by atoms with Crippen LogP contribution in [0.25, 0.3) is 118 Å². The Bertz CT molecular complexity index is 5260. The summed E-state index contributed by atoms with van der Waals surface area (Å²) >= 11 is 3.94. The number of hydrogen-bond acceptors (Lipinski definition) is 4. The third-order valence-corrected chi connectivity index (χ3v) is 27.4. The molecule has 104 heavy (non-hydrogen) atoms. The molecule has 6 heteroatoms. The standard InChI is InChI=1S/C98H118N4S2/c1-5-9-13-17-21-25-27-31-35-39-48-69(47-37-33-29-23-19-15-11-7-3)67-101-84-61-80(71(65-99)66-100)76-55-43-51-72-73-52-44-56-77-81(62-85(101)95(91(73)77)94(84)90(72)76)82-63-86-96-92-74(53-45-57-78(82)92)75-54-46-58-79-83(98-103-88-59-41-42-60-89(88)104-98)64-87(97(96)93(75)79)102(86)68-70(49-38-34-30-24-20-16-12-8-4)50-40-36-32-28-26-22-18-14-10-6-2/h41-46,51-64,69-70H,5-40,47-50,67-68H2,1-4H3/b82-81-. The van der Waals surface area contributed by atoms with Crippen molar-refractivity contribution in [2.75, 3.05) is 0 Å². The molecule has 0 aliphatic carbocycles. The molecule has 2 unspecified atom stereocenters. The molecule has 0 saturated heterocycles. The van der Waals surface area contributed by atoms with Gasteiger partial charge in [-0.25, -0.2) is 0 Å². The zero-order chi connectivity index (χ0) is 71.1. The van der Waals surface area contributed by atoms with Crippen molar-refractivity contribution >= 4 is 142 Å². The van der Waals surface area contributed by atoms with Gasteiger partial charge >= 0.3 is 0 Å². The Morgan fingerprint density at radius 2 is 0.567 bits per heavy atom. The minimum atomic E-state index is 0.192. The first-order valence-electron chi connectivity index (χ1n) is 42.4. The first-order chi connectivity index (χ1) is 51.5. The molecule has 4 nitrogen and oxygen atoms in total. The maximum atomic E-state index is 10.9. The van der Waals surface area contributed by atoms with Gasteiger partial charge in [-0.05, 0) is 127 Å². The van der Waals surface area contributed by atoms with Crippen LogP contribution in [0.15, 0.2) is 131 Å². The van der Waals surface area contributed by atoms with Crippen LogP contribution in [0.3, 0.4) is 0 Å². The lowest BCUT2D eigenvalue weighted by molar-refractivity contribution is 0.364. The van der Waals surface area contributed by atoms with Gasteiger partial charge in [0.25, 0.3) is 0 Å². The zero-order valence-electron chi connectivity index (χ0n) is 64.0. The first kappa shape index (κ1) is 73.9. The summed E-state index contributed by atoms with van der Waals surface area (Å²) in [6.45, 7) is 11.2. The molecule has 1 aliphatic rings. The van der Waals surface area contributed by atoms with Crippen LogP contribution in [0.2, 0.25) is 0 Å². The van der Waals surface area contributed by atoms with E-state index in [9.17, 15) is 10.5 Å². The normalized spacial score (nSPS) is 13.8. The van der Waals surface area contributed by atoms with E-state index in [0.29, 0.717) is 11.8 Å². The minimum Gasteiger partial charge on any atom is -0.340 e.